The second kappa shape index (κ2) is 23.8. The smallest absolute Gasteiger partial charge is 0.330 e. The van der Waals surface area contributed by atoms with E-state index in [1.165, 1.54) is 13.2 Å². The molecule has 8 nitrogen and oxygen atoms in total. The summed E-state index contributed by atoms with van der Waals surface area (Å²) in [7, 11) is 1.36. The number of carboxylic acids is 1. The third-order valence-electron chi connectivity index (χ3n) is 6.54. The Hall–Kier alpha value is -3.62. The zero-order valence-electron chi connectivity index (χ0n) is 27.3. The molecule has 2 aromatic rings. The molecule has 0 aliphatic carbocycles. The molecule has 0 aromatic heterocycles. The molecule has 8 heteroatoms. The quantitative estimate of drug-likeness (QED) is 0.147. The fraction of sp³-hybridized carbons (Fsp3) is 0.500. The van der Waals surface area contributed by atoms with Crippen LogP contribution in [0.4, 0.5) is 0 Å². The molecule has 1 N–H and O–H groups in total. The number of methoxy groups -OCH3 is 1. The van der Waals surface area contributed by atoms with Gasteiger partial charge in [-0.15, -0.1) is 0 Å². The summed E-state index contributed by atoms with van der Waals surface area (Å²) >= 11 is 0. The molecule has 0 amide bonds. The van der Waals surface area contributed by atoms with Crippen molar-refractivity contribution >= 4 is 24.1 Å². The van der Waals surface area contributed by atoms with Gasteiger partial charge in [-0.3, -0.25) is 0 Å². The molecule has 2 heterocycles. The lowest BCUT2D eigenvalue weighted by molar-refractivity contribution is -0.135. The Kier molecular flexibility index (Phi) is 20.8. The van der Waals surface area contributed by atoms with E-state index in [2.05, 4.69) is 25.5 Å². The van der Waals surface area contributed by atoms with Crippen LogP contribution >= 0.6 is 0 Å². The number of ether oxygens (including phenoxy) is 5. The van der Waals surface area contributed by atoms with Crippen molar-refractivity contribution in [2.24, 2.45) is 5.92 Å². The first-order valence-electron chi connectivity index (χ1n) is 15.7. The molecule has 244 valence electrons. The van der Waals surface area contributed by atoms with Crippen LogP contribution in [0.5, 0.6) is 11.5 Å². The Bertz CT molecular complexity index is 1090. The van der Waals surface area contributed by atoms with Gasteiger partial charge in [0, 0.05) is 24.7 Å². The van der Waals surface area contributed by atoms with Crippen LogP contribution in [0, 0.1) is 5.92 Å². The van der Waals surface area contributed by atoms with Gasteiger partial charge >= 0.3 is 11.9 Å². The van der Waals surface area contributed by atoms with Crippen molar-refractivity contribution in [2.45, 2.75) is 78.9 Å². The lowest BCUT2D eigenvalue weighted by atomic mass is 10.1. The van der Waals surface area contributed by atoms with Crippen LogP contribution in [0.2, 0.25) is 0 Å². The summed E-state index contributed by atoms with van der Waals surface area (Å²) in [6.45, 7) is 13.7. The highest BCUT2D eigenvalue weighted by molar-refractivity contribution is 5.87. The Morgan fingerprint density at radius 1 is 0.841 bits per heavy atom. The third-order valence-corrected chi connectivity index (χ3v) is 6.54. The highest BCUT2D eigenvalue weighted by Gasteiger charge is 2.38. The molecule has 2 aromatic carbocycles. The summed E-state index contributed by atoms with van der Waals surface area (Å²) in [5.41, 5.74) is 1.79. The lowest BCUT2D eigenvalue weighted by Crippen LogP contribution is -2.19. The summed E-state index contributed by atoms with van der Waals surface area (Å²) in [4.78, 5) is 21.2. The average molecular weight is 613 g/mol. The minimum absolute atomic E-state index is 0.353. The number of fused-ring (bicyclic) bond motifs is 1. The van der Waals surface area contributed by atoms with E-state index in [9.17, 15) is 9.59 Å². The van der Waals surface area contributed by atoms with E-state index in [1.54, 1.807) is 12.2 Å². The molecule has 1 unspecified atom stereocenters. The highest BCUT2D eigenvalue weighted by Crippen LogP contribution is 2.29. The summed E-state index contributed by atoms with van der Waals surface area (Å²) < 4.78 is 26.5. The number of benzene rings is 2. The summed E-state index contributed by atoms with van der Waals surface area (Å²) in [6, 6.07) is 15.0. The zero-order chi connectivity index (χ0) is 32.6. The van der Waals surface area contributed by atoms with Gasteiger partial charge < -0.3 is 28.8 Å². The predicted molar refractivity (Wildman–Crippen MR) is 176 cm³/mol. The van der Waals surface area contributed by atoms with Gasteiger partial charge in [0.05, 0.1) is 39.1 Å². The fourth-order valence-corrected chi connectivity index (χ4v) is 4.09. The standard InChI is InChI=1S/C14H18O3.C13H16O3.C7H12O2.C2H6/c1-3-4-11-17-13-8-5-12(6-9-13)7-10-14(15)16-2;1-2-3-10-16-12-7-4-11(5-8-12)6-9-13(14)15;1-5-4-9-6-2-3-8-7(5)6;1-2/h5-10H,3-4,11H2,1-2H3;4-9H,2-3,10H2,1H3,(H,14,15);5-7H,2-4H2,1H3;1-2H3/b10-7+;9-6+;;/t;;5?,6-,7-;/m..1./s1. The Morgan fingerprint density at radius 3 is 1.77 bits per heavy atom. The van der Waals surface area contributed by atoms with Crippen molar-refractivity contribution < 1.29 is 38.4 Å². The molecule has 2 aliphatic rings. The Labute approximate surface area is 264 Å². The van der Waals surface area contributed by atoms with Gasteiger partial charge in [0.15, 0.2) is 0 Å². The van der Waals surface area contributed by atoms with E-state index >= 15 is 0 Å². The Balaban J connectivity index is 0.000000332. The van der Waals surface area contributed by atoms with Crippen molar-refractivity contribution in [3.8, 4) is 11.5 Å². The second-order valence-corrected chi connectivity index (χ2v) is 10.0. The summed E-state index contributed by atoms with van der Waals surface area (Å²) in [5, 5.41) is 8.46. The van der Waals surface area contributed by atoms with Crippen LogP contribution in [0.1, 0.15) is 77.8 Å². The first kappa shape index (κ1) is 38.4. The van der Waals surface area contributed by atoms with Gasteiger partial charge in [-0.25, -0.2) is 9.59 Å². The number of rotatable bonds is 12. The van der Waals surface area contributed by atoms with Gasteiger partial charge in [-0.05, 0) is 66.8 Å². The molecule has 4 rings (SSSR count). The van der Waals surface area contributed by atoms with E-state index < -0.39 is 5.97 Å². The molecule has 0 saturated carbocycles. The number of hydrogen-bond donors (Lipinski definition) is 1. The normalized spacial score (nSPS) is 18.2. The molecule has 2 saturated heterocycles. The number of unbranched alkanes of at least 4 members (excludes halogenated alkanes) is 2. The first-order valence-corrected chi connectivity index (χ1v) is 15.7. The van der Waals surface area contributed by atoms with Crippen LogP contribution < -0.4 is 9.47 Å². The van der Waals surface area contributed by atoms with Gasteiger partial charge in [-0.2, -0.15) is 0 Å². The maximum atomic E-state index is 10.9. The minimum Gasteiger partial charge on any atom is -0.494 e. The molecule has 2 aliphatic heterocycles. The van der Waals surface area contributed by atoms with Gasteiger partial charge in [0.25, 0.3) is 0 Å². The molecule has 0 bridgehead atoms. The number of aliphatic carboxylic acids is 1. The number of hydrogen-bond acceptors (Lipinski definition) is 7. The molecule has 3 atom stereocenters. The molecular formula is C36H52O8. The second-order valence-electron chi connectivity index (χ2n) is 10.0. The number of carboxylic acid groups (broad SMARTS) is 1. The van der Waals surface area contributed by atoms with Crippen LogP contribution in [0.15, 0.2) is 60.7 Å². The molecule has 2 fully saturated rings. The minimum atomic E-state index is -0.941. The number of esters is 1. The van der Waals surface area contributed by atoms with E-state index in [0.717, 1.165) is 87.2 Å². The predicted octanol–water partition coefficient (Wildman–Crippen LogP) is 7.85. The topological polar surface area (TPSA) is 101 Å². The van der Waals surface area contributed by atoms with E-state index in [4.69, 9.17) is 24.1 Å². The van der Waals surface area contributed by atoms with Gasteiger partial charge in [0.2, 0.25) is 0 Å². The summed E-state index contributed by atoms with van der Waals surface area (Å²) in [6.07, 6.45) is 12.1. The highest BCUT2D eigenvalue weighted by atomic mass is 16.6. The van der Waals surface area contributed by atoms with Crippen LogP contribution in [0.3, 0.4) is 0 Å². The van der Waals surface area contributed by atoms with E-state index in [1.807, 2.05) is 62.4 Å². The van der Waals surface area contributed by atoms with E-state index in [0.29, 0.717) is 18.1 Å². The van der Waals surface area contributed by atoms with Crippen molar-refractivity contribution in [3.05, 3.63) is 71.8 Å². The molecule has 0 spiro atoms. The lowest BCUT2D eigenvalue weighted by Gasteiger charge is -2.08. The number of carbonyl (C=O) groups excluding carboxylic acids is 1. The van der Waals surface area contributed by atoms with E-state index in [-0.39, 0.29) is 5.97 Å². The van der Waals surface area contributed by atoms with Crippen molar-refractivity contribution in [1.82, 2.24) is 0 Å². The largest absolute Gasteiger partial charge is 0.494 e. The third kappa shape index (κ3) is 16.3. The van der Waals surface area contributed by atoms with Crippen LogP contribution in [0.25, 0.3) is 12.2 Å². The SMILES string of the molecule is CC.CC1CO[C@@H]2CCO[C@H]12.CCCCOc1ccc(/C=C/C(=O)O)cc1.CCCCOc1ccc(/C=C/C(=O)OC)cc1. The first-order chi connectivity index (χ1) is 21.4. The summed E-state index contributed by atoms with van der Waals surface area (Å²) in [5.74, 6) is 1.00. The monoisotopic (exact) mass is 612 g/mol. The molecular weight excluding hydrogens is 560 g/mol. The van der Waals surface area contributed by atoms with Crippen molar-refractivity contribution in [1.29, 1.82) is 0 Å². The van der Waals surface area contributed by atoms with Crippen molar-refractivity contribution in [3.63, 3.8) is 0 Å². The van der Waals surface area contributed by atoms with Crippen LogP contribution in [-0.4, -0.2) is 62.8 Å². The van der Waals surface area contributed by atoms with Crippen molar-refractivity contribution in [2.75, 3.05) is 33.5 Å². The van der Waals surface area contributed by atoms with Gasteiger partial charge in [0.1, 0.15) is 11.5 Å². The van der Waals surface area contributed by atoms with Crippen LogP contribution in [-0.2, 0) is 23.8 Å². The maximum Gasteiger partial charge on any atom is 0.330 e. The fourth-order valence-electron chi connectivity index (χ4n) is 4.09. The average Bonchev–Trinajstić information content (AvgIpc) is 3.67. The Morgan fingerprint density at radius 2 is 1.34 bits per heavy atom. The molecule has 0 radical (unpaired) electrons. The van der Waals surface area contributed by atoms with Gasteiger partial charge in [-0.1, -0.05) is 71.7 Å². The zero-order valence-corrected chi connectivity index (χ0v) is 27.3. The number of carbonyl (C=O) groups is 2. The maximum absolute atomic E-state index is 10.9. The molecule has 44 heavy (non-hydrogen) atoms.